The van der Waals surface area contributed by atoms with Crippen LogP contribution in [-0.2, 0) is 9.47 Å². The van der Waals surface area contributed by atoms with E-state index in [0.29, 0.717) is 13.0 Å². The number of halogens is 5. The first-order valence-corrected chi connectivity index (χ1v) is 5.01. The zero-order valence-electron chi connectivity index (χ0n) is 8.53. The van der Waals surface area contributed by atoms with Gasteiger partial charge < -0.3 is 9.47 Å². The minimum atomic E-state index is -5.48. The molecule has 1 heterocycles. The third kappa shape index (κ3) is 3.86. The molecule has 0 radical (unpaired) electrons. The van der Waals surface area contributed by atoms with Crippen LogP contribution >= 0.6 is 0 Å². The van der Waals surface area contributed by atoms with Crippen LogP contribution in [0.25, 0.3) is 0 Å². The van der Waals surface area contributed by atoms with Gasteiger partial charge in [0.05, 0.1) is 0 Å². The smallest absolute Gasteiger partial charge is 0.353 e. The van der Waals surface area contributed by atoms with Crippen molar-refractivity contribution in [1.29, 1.82) is 0 Å². The van der Waals surface area contributed by atoms with E-state index in [1.54, 1.807) is 0 Å². The van der Waals surface area contributed by atoms with Crippen LogP contribution in [0.2, 0.25) is 0 Å². The molecule has 1 unspecified atom stereocenters. The molecule has 16 heavy (non-hydrogen) atoms. The number of ether oxygens (including phenoxy) is 2. The highest BCUT2D eigenvalue weighted by Crippen LogP contribution is 2.38. The zero-order valence-corrected chi connectivity index (χ0v) is 8.53. The monoisotopic (exact) mass is 248 g/mol. The Labute approximate surface area is 89.7 Å². The summed E-state index contributed by atoms with van der Waals surface area (Å²) in [5.74, 6) is -4.63. The van der Waals surface area contributed by atoms with E-state index in [2.05, 4.69) is 0 Å². The lowest BCUT2D eigenvalue weighted by atomic mass is 10.2. The van der Waals surface area contributed by atoms with E-state index in [1.165, 1.54) is 0 Å². The summed E-state index contributed by atoms with van der Waals surface area (Å²) in [6.45, 7) is 0.402. The summed E-state index contributed by atoms with van der Waals surface area (Å²) in [6, 6.07) is 0. The molecule has 0 amide bonds. The van der Waals surface area contributed by atoms with Crippen LogP contribution in [0.15, 0.2) is 0 Å². The summed E-state index contributed by atoms with van der Waals surface area (Å²) in [5, 5.41) is 0. The van der Waals surface area contributed by atoms with E-state index in [9.17, 15) is 22.0 Å². The number of rotatable bonds is 5. The van der Waals surface area contributed by atoms with Crippen LogP contribution < -0.4 is 0 Å². The minimum Gasteiger partial charge on any atom is -0.353 e. The van der Waals surface area contributed by atoms with Crippen molar-refractivity contribution in [3.05, 3.63) is 0 Å². The van der Waals surface area contributed by atoms with Gasteiger partial charge in [-0.3, -0.25) is 0 Å². The summed E-state index contributed by atoms with van der Waals surface area (Å²) in [5.41, 5.74) is 0. The van der Waals surface area contributed by atoms with E-state index in [4.69, 9.17) is 9.47 Å². The Morgan fingerprint density at radius 3 is 2.38 bits per heavy atom. The number of hydrogen-bond acceptors (Lipinski definition) is 2. The molecule has 0 saturated carbocycles. The molecule has 0 N–H and O–H groups in total. The molecule has 96 valence electrons. The fourth-order valence-electron chi connectivity index (χ4n) is 1.33. The Morgan fingerprint density at radius 1 is 1.19 bits per heavy atom. The summed E-state index contributed by atoms with van der Waals surface area (Å²) >= 11 is 0. The molecule has 2 nitrogen and oxygen atoms in total. The van der Waals surface area contributed by atoms with Gasteiger partial charge in [0.25, 0.3) is 0 Å². The average molecular weight is 248 g/mol. The number of alkyl halides is 5. The quantitative estimate of drug-likeness (QED) is 0.549. The van der Waals surface area contributed by atoms with Gasteiger partial charge in [-0.05, 0) is 12.8 Å². The third-order valence-electron chi connectivity index (χ3n) is 2.24. The molecule has 0 aliphatic carbocycles. The second kappa shape index (κ2) is 5.27. The Balaban J connectivity index is 2.14. The number of hydrogen-bond donors (Lipinski definition) is 0. The van der Waals surface area contributed by atoms with Crippen LogP contribution in [0.1, 0.15) is 25.7 Å². The molecule has 0 aromatic carbocycles. The molecular formula is C9H13F5O2. The third-order valence-corrected chi connectivity index (χ3v) is 2.24. The van der Waals surface area contributed by atoms with Crippen LogP contribution in [0.3, 0.4) is 0 Å². The van der Waals surface area contributed by atoms with Crippen molar-refractivity contribution in [3.63, 3.8) is 0 Å². The molecule has 0 spiro atoms. The van der Waals surface area contributed by atoms with Gasteiger partial charge in [-0.15, -0.1) is 0 Å². The van der Waals surface area contributed by atoms with Gasteiger partial charge >= 0.3 is 12.1 Å². The van der Waals surface area contributed by atoms with Gasteiger partial charge in [0, 0.05) is 26.1 Å². The molecule has 0 bridgehead atoms. The van der Waals surface area contributed by atoms with Crippen molar-refractivity contribution in [2.24, 2.45) is 0 Å². The van der Waals surface area contributed by atoms with Gasteiger partial charge in [0.1, 0.15) is 0 Å². The van der Waals surface area contributed by atoms with Gasteiger partial charge in [-0.25, -0.2) is 0 Å². The first-order valence-electron chi connectivity index (χ1n) is 5.01. The van der Waals surface area contributed by atoms with E-state index < -0.39 is 24.8 Å². The maximum absolute atomic E-state index is 12.4. The second-order valence-electron chi connectivity index (χ2n) is 3.62. The van der Waals surface area contributed by atoms with Crippen molar-refractivity contribution in [2.75, 3.05) is 13.2 Å². The molecule has 1 rings (SSSR count). The molecule has 1 fully saturated rings. The minimum absolute atomic E-state index is 0.143. The van der Waals surface area contributed by atoms with Crippen LogP contribution in [-0.4, -0.2) is 31.6 Å². The average Bonchev–Trinajstić information content (AvgIpc) is 2.63. The van der Waals surface area contributed by atoms with E-state index in [1.807, 2.05) is 0 Å². The van der Waals surface area contributed by atoms with Crippen molar-refractivity contribution in [2.45, 2.75) is 44.1 Å². The Bertz CT molecular complexity index is 210. The fourth-order valence-corrected chi connectivity index (χ4v) is 1.33. The van der Waals surface area contributed by atoms with Gasteiger partial charge in [-0.2, -0.15) is 22.0 Å². The Kier molecular flexibility index (Phi) is 4.49. The van der Waals surface area contributed by atoms with Gasteiger partial charge in [0.15, 0.2) is 6.29 Å². The summed E-state index contributed by atoms with van der Waals surface area (Å²) in [6.07, 6.45) is -6.02. The molecule has 7 heteroatoms. The zero-order chi connectivity index (χ0) is 12.2. The fraction of sp³-hybridized carbons (Fsp3) is 1.00. The van der Waals surface area contributed by atoms with E-state index in [0.717, 1.165) is 6.42 Å². The van der Waals surface area contributed by atoms with Crippen LogP contribution in [0.5, 0.6) is 0 Å². The highest BCUT2D eigenvalue weighted by molar-refractivity contribution is 4.75. The maximum atomic E-state index is 12.4. The lowest BCUT2D eigenvalue weighted by Crippen LogP contribution is -2.36. The van der Waals surface area contributed by atoms with E-state index in [-0.39, 0.29) is 13.0 Å². The highest BCUT2D eigenvalue weighted by atomic mass is 19.4. The first-order chi connectivity index (χ1) is 7.33. The summed E-state index contributed by atoms with van der Waals surface area (Å²) in [4.78, 5) is 0. The van der Waals surface area contributed by atoms with Gasteiger partial charge in [0.2, 0.25) is 0 Å². The molecule has 1 aliphatic rings. The lowest BCUT2D eigenvalue weighted by Gasteiger charge is -2.19. The lowest BCUT2D eigenvalue weighted by molar-refractivity contribution is -0.285. The summed E-state index contributed by atoms with van der Waals surface area (Å²) in [7, 11) is 0. The topological polar surface area (TPSA) is 18.5 Å². The molecule has 0 aromatic heterocycles. The van der Waals surface area contributed by atoms with Crippen molar-refractivity contribution in [1.82, 2.24) is 0 Å². The second-order valence-corrected chi connectivity index (χ2v) is 3.62. The maximum Gasteiger partial charge on any atom is 0.453 e. The molecule has 0 aromatic rings. The van der Waals surface area contributed by atoms with Crippen LogP contribution in [0.4, 0.5) is 22.0 Å². The van der Waals surface area contributed by atoms with Crippen molar-refractivity contribution >= 4 is 0 Å². The SMILES string of the molecule is FC(F)(F)C(F)(F)CCCOC1CCCO1. The highest BCUT2D eigenvalue weighted by Gasteiger charge is 2.56. The van der Waals surface area contributed by atoms with Crippen molar-refractivity contribution < 1.29 is 31.4 Å². The first kappa shape index (κ1) is 13.6. The van der Waals surface area contributed by atoms with Gasteiger partial charge in [-0.1, -0.05) is 0 Å². The molecule has 1 saturated heterocycles. The Hall–Kier alpha value is -0.430. The molecule has 1 atom stereocenters. The normalized spacial score (nSPS) is 22.7. The standard InChI is InChI=1S/C9H13F5O2/c10-8(11,9(12,13)14)4-2-6-16-7-3-1-5-15-7/h7H,1-6H2. The predicted octanol–water partition coefficient (Wildman–Crippen LogP) is 3.12. The molecule has 1 aliphatic heterocycles. The largest absolute Gasteiger partial charge is 0.453 e. The van der Waals surface area contributed by atoms with E-state index >= 15 is 0 Å². The van der Waals surface area contributed by atoms with Crippen LogP contribution in [0, 0.1) is 0 Å². The van der Waals surface area contributed by atoms with Crippen molar-refractivity contribution in [3.8, 4) is 0 Å². The molecular weight excluding hydrogens is 235 g/mol. The Morgan fingerprint density at radius 2 is 1.88 bits per heavy atom. The summed E-state index contributed by atoms with van der Waals surface area (Å²) < 4.78 is 70.1. The predicted molar refractivity (Wildman–Crippen MR) is 45.2 cm³/mol.